The third-order valence-electron chi connectivity index (χ3n) is 3.14. The number of nitro groups is 1. The molecule has 8 heteroatoms. The Morgan fingerprint density at radius 2 is 2.23 bits per heavy atom. The summed E-state index contributed by atoms with van der Waals surface area (Å²) in [5.74, 6) is 0.659. The number of imidazole rings is 1. The molecule has 0 atom stereocenters. The van der Waals surface area contributed by atoms with Crippen LogP contribution in [-0.4, -0.2) is 26.4 Å². The highest BCUT2D eigenvalue weighted by Gasteiger charge is 2.21. The number of methoxy groups -OCH3 is 1. The molecular formula is C14H13N5O3. The molecule has 0 aromatic carbocycles. The molecule has 8 nitrogen and oxygen atoms in total. The van der Waals surface area contributed by atoms with Crippen LogP contribution in [0.5, 0.6) is 5.88 Å². The Morgan fingerprint density at radius 3 is 2.91 bits per heavy atom. The molecule has 0 bridgehead atoms. The number of rotatable bonds is 5. The Bertz CT molecular complexity index is 813. The molecule has 0 saturated carbocycles. The number of fused-ring (bicyclic) bond motifs is 1. The van der Waals surface area contributed by atoms with Crippen LogP contribution in [0, 0.1) is 10.1 Å². The zero-order valence-electron chi connectivity index (χ0n) is 11.8. The first-order chi connectivity index (χ1) is 10.7. The highest BCUT2D eigenvalue weighted by Crippen LogP contribution is 2.25. The van der Waals surface area contributed by atoms with Crippen LogP contribution in [0.15, 0.2) is 42.7 Å². The molecule has 0 amide bonds. The Kier molecular flexibility index (Phi) is 3.57. The lowest BCUT2D eigenvalue weighted by molar-refractivity contribution is -0.389. The fourth-order valence-electron chi connectivity index (χ4n) is 2.10. The maximum Gasteiger partial charge on any atom is 0.372 e. The van der Waals surface area contributed by atoms with Gasteiger partial charge in [-0.3, -0.25) is 0 Å². The quantitative estimate of drug-likeness (QED) is 0.573. The van der Waals surface area contributed by atoms with Crippen LogP contribution >= 0.6 is 0 Å². The lowest BCUT2D eigenvalue weighted by Crippen LogP contribution is -2.03. The molecule has 0 saturated heterocycles. The van der Waals surface area contributed by atoms with Crippen LogP contribution in [0.3, 0.4) is 0 Å². The van der Waals surface area contributed by atoms with Crippen molar-refractivity contribution in [3.63, 3.8) is 0 Å². The molecule has 22 heavy (non-hydrogen) atoms. The minimum Gasteiger partial charge on any atom is -0.481 e. The zero-order chi connectivity index (χ0) is 15.5. The Morgan fingerprint density at radius 1 is 1.36 bits per heavy atom. The van der Waals surface area contributed by atoms with Crippen LogP contribution in [0.2, 0.25) is 0 Å². The fraction of sp³-hybridized carbons (Fsp3) is 0.143. The summed E-state index contributed by atoms with van der Waals surface area (Å²) in [6.07, 6.45) is 3.26. The standard InChI is InChI=1S/C14H13N5O3/c1-22-12-6-5-10(8-15-12)9-16-13-14(19(20)21)18-7-3-2-4-11(18)17-13/h2-8,16H,9H2,1H3. The Hall–Kier alpha value is -3.16. The monoisotopic (exact) mass is 299 g/mol. The van der Waals surface area contributed by atoms with E-state index in [9.17, 15) is 10.1 Å². The third kappa shape index (κ3) is 2.53. The number of aromatic nitrogens is 3. The van der Waals surface area contributed by atoms with Gasteiger partial charge in [0.05, 0.1) is 13.3 Å². The van der Waals surface area contributed by atoms with E-state index < -0.39 is 4.92 Å². The summed E-state index contributed by atoms with van der Waals surface area (Å²) in [6, 6.07) is 8.78. The summed E-state index contributed by atoms with van der Waals surface area (Å²) in [6.45, 7) is 0.377. The number of anilines is 1. The van der Waals surface area contributed by atoms with Crippen molar-refractivity contribution >= 4 is 17.3 Å². The molecular weight excluding hydrogens is 286 g/mol. The number of ether oxygens (including phenoxy) is 1. The largest absolute Gasteiger partial charge is 0.481 e. The molecule has 3 heterocycles. The second kappa shape index (κ2) is 5.68. The predicted octanol–water partition coefficient (Wildman–Crippen LogP) is 2.26. The van der Waals surface area contributed by atoms with E-state index in [1.807, 2.05) is 6.07 Å². The van der Waals surface area contributed by atoms with Gasteiger partial charge in [-0.25, -0.2) is 4.98 Å². The summed E-state index contributed by atoms with van der Waals surface area (Å²) >= 11 is 0. The van der Waals surface area contributed by atoms with Crippen LogP contribution in [0.25, 0.3) is 5.65 Å². The van der Waals surface area contributed by atoms with Gasteiger partial charge in [-0.15, -0.1) is 0 Å². The van der Waals surface area contributed by atoms with Gasteiger partial charge >= 0.3 is 5.82 Å². The summed E-state index contributed by atoms with van der Waals surface area (Å²) in [5, 5.41) is 14.3. The molecule has 112 valence electrons. The van der Waals surface area contributed by atoms with E-state index in [1.165, 1.54) is 4.40 Å². The van der Waals surface area contributed by atoms with Gasteiger partial charge in [0, 0.05) is 24.9 Å². The summed E-state index contributed by atoms with van der Waals surface area (Å²) in [7, 11) is 1.54. The number of hydrogen-bond acceptors (Lipinski definition) is 6. The van der Waals surface area contributed by atoms with E-state index >= 15 is 0 Å². The van der Waals surface area contributed by atoms with Gasteiger partial charge in [0.15, 0.2) is 0 Å². The van der Waals surface area contributed by atoms with Crippen molar-refractivity contribution in [2.45, 2.75) is 6.54 Å². The minimum absolute atomic E-state index is 0.0860. The molecule has 0 aliphatic rings. The SMILES string of the molecule is COc1ccc(CNc2nc3ccccn3c2[N+](=O)[O-])cn1. The smallest absolute Gasteiger partial charge is 0.372 e. The molecule has 0 fully saturated rings. The number of nitrogens with zero attached hydrogens (tertiary/aromatic N) is 4. The first-order valence-electron chi connectivity index (χ1n) is 6.53. The van der Waals surface area contributed by atoms with Crippen LogP contribution in [-0.2, 0) is 6.54 Å². The Balaban J connectivity index is 1.86. The summed E-state index contributed by atoms with van der Waals surface area (Å²) in [4.78, 5) is 19.2. The van der Waals surface area contributed by atoms with Crippen molar-refractivity contribution in [1.82, 2.24) is 14.4 Å². The van der Waals surface area contributed by atoms with Crippen molar-refractivity contribution < 1.29 is 9.66 Å². The number of hydrogen-bond donors (Lipinski definition) is 1. The van der Waals surface area contributed by atoms with Gasteiger partial charge in [-0.2, -0.15) is 9.38 Å². The fourth-order valence-corrected chi connectivity index (χ4v) is 2.10. The van der Waals surface area contributed by atoms with Gasteiger partial charge < -0.3 is 20.2 Å². The van der Waals surface area contributed by atoms with E-state index in [0.29, 0.717) is 18.1 Å². The van der Waals surface area contributed by atoms with E-state index in [0.717, 1.165) is 5.56 Å². The maximum absolute atomic E-state index is 11.3. The van der Waals surface area contributed by atoms with E-state index in [4.69, 9.17) is 4.74 Å². The van der Waals surface area contributed by atoms with E-state index in [2.05, 4.69) is 15.3 Å². The zero-order valence-corrected chi connectivity index (χ0v) is 11.8. The van der Waals surface area contributed by atoms with Gasteiger partial charge in [0.2, 0.25) is 17.3 Å². The first kappa shape index (κ1) is 13.8. The topological polar surface area (TPSA) is 94.6 Å². The van der Waals surface area contributed by atoms with Crippen molar-refractivity contribution in [1.29, 1.82) is 0 Å². The molecule has 0 aliphatic carbocycles. The molecule has 3 aromatic rings. The van der Waals surface area contributed by atoms with Gasteiger partial charge in [-0.1, -0.05) is 12.1 Å². The molecule has 0 unspecified atom stereocenters. The summed E-state index contributed by atoms with van der Waals surface area (Å²) in [5.41, 5.74) is 1.39. The highest BCUT2D eigenvalue weighted by molar-refractivity contribution is 5.62. The van der Waals surface area contributed by atoms with Crippen molar-refractivity contribution in [3.05, 3.63) is 58.4 Å². The highest BCUT2D eigenvalue weighted by atomic mass is 16.6. The average Bonchev–Trinajstić information content (AvgIpc) is 2.92. The molecule has 0 spiro atoms. The molecule has 1 N–H and O–H groups in total. The molecule has 0 radical (unpaired) electrons. The number of nitrogens with one attached hydrogen (secondary N) is 1. The van der Waals surface area contributed by atoms with E-state index in [-0.39, 0.29) is 11.6 Å². The third-order valence-corrected chi connectivity index (χ3v) is 3.14. The van der Waals surface area contributed by atoms with Gasteiger partial charge in [0.25, 0.3) is 0 Å². The van der Waals surface area contributed by atoms with E-state index in [1.54, 1.807) is 43.8 Å². The maximum atomic E-state index is 11.3. The molecule has 3 aromatic heterocycles. The van der Waals surface area contributed by atoms with Gasteiger partial charge in [0.1, 0.15) is 0 Å². The predicted molar refractivity (Wildman–Crippen MR) is 80.0 cm³/mol. The van der Waals surface area contributed by atoms with Gasteiger partial charge in [-0.05, 0) is 16.6 Å². The second-order valence-electron chi connectivity index (χ2n) is 4.53. The first-order valence-corrected chi connectivity index (χ1v) is 6.53. The molecule has 0 aliphatic heterocycles. The molecule has 3 rings (SSSR count). The Labute approximate surface area is 125 Å². The van der Waals surface area contributed by atoms with Crippen molar-refractivity contribution in [2.75, 3.05) is 12.4 Å². The van der Waals surface area contributed by atoms with Crippen LogP contribution in [0.1, 0.15) is 5.56 Å². The van der Waals surface area contributed by atoms with Crippen molar-refractivity contribution in [3.8, 4) is 5.88 Å². The number of pyridine rings is 2. The normalized spacial score (nSPS) is 10.6. The lowest BCUT2D eigenvalue weighted by atomic mass is 10.3. The minimum atomic E-state index is -0.450. The average molecular weight is 299 g/mol. The lowest BCUT2D eigenvalue weighted by Gasteiger charge is -2.04. The van der Waals surface area contributed by atoms with Crippen molar-refractivity contribution in [2.24, 2.45) is 0 Å². The second-order valence-corrected chi connectivity index (χ2v) is 4.53. The van der Waals surface area contributed by atoms with Crippen LogP contribution < -0.4 is 10.1 Å². The van der Waals surface area contributed by atoms with Crippen LogP contribution in [0.4, 0.5) is 11.6 Å². The summed E-state index contributed by atoms with van der Waals surface area (Å²) < 4.78 is 6.43.